The quantitative estimate of drug-likeness (QED) is 0.671. The van der Waals surface area contributed by atoms with E-state index in [0.717, 1.165) is 30.3 Å². The van der Waals surface area contributed by atoms with E-state index in [0.29, 0.717) is 6.07 Å². The summed E-state index contributed by atoms with van der Waals surface area (Å²) in [6.45, 7) is 0. The lowest BCUT2D eigenvalue weighted by atomic mass is 9.92. The molecule has 0 aliphatic carbocycles. The summed E-state index contributed by atoms with van der Waals surface area (Å²) in [7, 11) is 0. The van der Waals surface area contributed by atoms with Gasteiger partial charge in [-0.15, -0.1) is 0 Å². The molecule has 2 rings (SSSR count). The van der Waals surface area contributed by atoms with E-state index in [-0.39, 0.29) is 23.1 Å². The zero-order valence-corrected chi connectivity index (χ0v) is 11.5. The molecule has 0 amide bonds. The zero-order valence-electron chi connectivity index (χ0n) is 11.5. The second kappa shape index (κ2) is 5.95. The van der Waals surface area contributed by atoms with E-state index in [1.807, 2.05) is 0 Å². The van der Waals surface area contributed by atoms with Crippen molar-refractivity contribution in [3.63, 3.8) is 0 Å². The molecule has 0 fully saturated rings. The molecule has 0 bridgehead atoms. The maximum Gasteiger partial charge on any atom is 0.417 e. The highest BCUT2D eigenvalue weighted by Gasteiger charge is 2.35. The predicted octanol–water partition coefficient (Wildman–Crippen LogP) is 5.46. The molecule has 0 atom stereocenters. The third kappa shape index (κ3) is 3.65. The first-order valence-electron chi connectivity index (χ1n) is 6.38. The van der Waals surface area contributed by atoms with Gasteiger partial charge in [-0.3, -0.25) is 0 Å². The van der Waals surface area contributed by atoms with Gasteiger partial charge in [-0.25, -0.2) is 0 Å². The van der Waals surface area contributed by atoms with Gasteiger partial charge in [-0.1, -0.05) is 24.3 Å². The molecule has 2 aromatic rings. The Morgan fingerprint density at radius 1 is 0.826 bits per heavy atom. The topological polar surface area (TPSA) is 23.8 Å². The van der Waals surface area contributed by atoms with Gasteiger partial charge < -0.3 is 0 Å². The SMILES string of the molecule is N#CCc1ccc(C(F)(F)F)cc1-c1ccccc1C(F)(F)F. The summed E-state index contributed by atoms with van der Waals surface area (Å²) >= 11 is 0. The van der Waals surface area contributed by atoms with Crippen molar-refractivity contribution in [2.45, 2.75) is 18.8 Å². The molecule has 7 heteroatoms. The van der Waals surface area contributed by atoms with Crippen molar-refractivity contribution >= 4 is 0 Å². The molecule has 0 saturated heterocycles. The Morgan fingerprint density at radius 3 is 2.04 bits per heavy atom. The average Bonchev–Trinajstić information content (AvgIpc) is 2.46. The van der Waals surface area contributed by atoms with Gasteiger partial charge in [0.25, 0.3) is 0 Å². The summed E-state index contributed by atoms with van der Waals surface area (Å²) in [5.41, 5.74) is -2.62. The number of nitriles is 1. The highest BCUT2D eigenvalue weighted by atomic mass is 19.4. The number of rotatable bonds is 2. The van der Waals surface area contributed by atoms with Crippen LogP contribution in [-0.2, 0) is 18.8 Å². The number of hydrogen-bond acceptors (Lipinski definition) is 1. The minimum absolute atomic E-state index is 0.109. The molecule has 2 aromatic carbocycles. The second-order valence-electron chi connectivity index (χ2n) is 4.75. The average molecular weight is 329 g/mol. The van der Waals surface area contributed by atoms with Gasteiger partial charge in [0.1, 0.15) is 0 Å². The largest absolute Gasteiger partial charge is 0.417 e. The van der Waals surface area contributed by atoms with Crippen LogP contribution in [0.2, 0.25) is 0 Å². The van der Waals surface area contributed by atoms with Gasteiger partial charge >= 0.3 is 12.4 Å². The summed E-state index contributed by atoms with van der Waals surface area (Å²) in [5, 5.41) is 8.75. The van der Waals surface area contributed by atoms with E-state index in [9.17, 15) is 26.3 Å². The van der Waals surface area contributed by atoms with Crippen molar-refractivity contribution in [1.29, 1.82) is 5.26 Å². The summed E-state index contributed by atoms with van der Waals surface area (Å²) in [5.74, 6) is 0. The molecule has 0 unspecified atom stereocenters. The fourth-order valence-electron chi connectivity index (χ4n) is 2.21. The van der Waals surface area contributed by atoms with Crippen LogP contribution in [0.5, 0.6) is 0 Å². The highest BCUT2D eigenvalue weighted by Crippen LogP contribution is 2.40. The van der Waals surface area contributed by atoms with Gasteiger partial charge in [-0.05, 0) is 34.9 Å². The lowest BCUT2D eigenvalue weighted by molar-refractivity contribution is -0.137. The van der Waals surface area contributed by atoms with Crippen LogP contribution >= 0.6 is 0 Å². The standard InChI is InChI=1S/C16H9F6N/c17-15(18,19)11-6-5-10(7-8-23)13(9-11)12-3-1-2-4-14(12)16(20,21)22/h1-6,9H,7H2. The fraction of sp³-hybridized carbons (Fsp3) is 0.188. The van der Waals surface area contributed by atoms with Crippen LogP contribution in [0.15, 0.2) is 42.5 Å². The maximum absolute atomic E-state index is 13.1. The van der Waals surface area contributed by atoms with Crippen LogP contribution in [-0.4, -0.2) is 0 Å². The third-order valence-corrected chi connectivity index (χ3v) is 3.23. The number of hydrogen-bond donors (Lipinski definition) is 0. The fourth-order valence-corrected chi connectivity index (χ4v) is 2.21. The molecule has 23 heavy (non-hydrogen) atoms. The molecule has 120 valence electrons. The van der Waals surface area contributed by atoms with Gasteiger partial charge in [0.05, 0.1) is 23.6 Å². The number of alkyl halides is 6. The maximum atomic E-state index is 13.1. The van der Waals surface area contributed by atoms with Crippen molar-refractivity contribution in [1.82, 2.24) is 0 Å². The molecule has 0 radical (unpaired) electrons. The van der Waals surface area contributed by atoms with Crippen LogP contribution in [0.3, 0.4) is 0 Å². The molecule has 0 N–H and O–H groups in total. The molecule has 0 heterocycles. The highest BCUT2D eigenvalue weighted by molar-refractivity contribution is 5.72. The minimum Gasteiger partial charge on any atom is -0.198 e. The Labute approximate surface area is 127 Å². The lowest BCUT2D eigenvalue weighted by Crippen LogP contribution is -2.09. The van der Waals surface area contributed by atoms with Crippen LogP contribution in [0.25, 0.3) is 11.1 Å². The molecular formula is C16H9F6N. The van der Waals surface area contributed by atoms with E-state index >= 15 is 0 Å². The molecule has 1 nitrogen and oxygen atoms in total. The van der Waals surface area contributed by atoms with Gasteiger partial charge in [-0.2, -0.15) is 31.6 Å². The minimum atomic E-state index is -4.71. The van der Waals surface area contributed by atoms with Crippen molar-refractivity contribution in [3.05, 3.63) is 59.2 Å². The molecular weight excluding hydrogens is 320 g/mol. The zero-order chi connectivity index (χ0) is 17.3. The van der Waals surface area contributed by atoms with Crippen molar-refractivity contribution in [2.24, 2.45) is 0 Å². The monoisotopic (exact) mass is 329 g/mol. The molecule has 0 aliphatic rings. The van der Waals surface area contributed by atoms with Crippen LogP contribution in [0.1, 0.15) is 16.7 Å². The Hall–Kier alpha value is -2.49. The summed E-state index contributed by atoms with van der Waals surface area (Å²) < 4.78 is 77.8. The van der Waals surface area contributed by atoms with Crippen molar-refractivity contribution in [2.75, 3.05) is 0 Å². The number of nitrogens with zero attached hydrogens (tertiary/aromatic N) is 1. The molecule has 0 saturated carbocycles. The van der Waals surface area contributed by atoms with Crippen LogP contribution in [0, 0.1) is 11.3 Å². The molecule has 0 aliphatic heterocycles. The summed E-state index contributed by atoms with van der Waals surface area (Å²) in [6.07, 6.45) is -9.69. The first-order valence-corrected chi connectivity index (χ1v) is 6.38. The molecule has 0 aromatic heterocycles. The lowest BCUT2D eigenvalue weighted by Gasteiger charge is -2.17. The van der Waals surface area contributed by atoms with Gasteiger partial charge in [0, 0.05) is 0 Å². The van der Waals surface area contributed by atoms with Gasteiger partial charge in [0.2, 0.25) is 0 Å². The Morgan fingerprint density at radius 2 is 1.48 bits per heavy atom. The first-order chi connectivity index (χ1) is 10.6. The number of halogens is 6. The van der Waals surface area contributed by atoms with E-state index in [4.69, 9.17) is 5.26 Å². The Balaban J connectivity index is 2.74. The third-order valence-electron chi connectivity index (χ3n) is 3.23. The Kier molecular flexibility index (Phi) is 4.37. The van der Waals surface area contributed by atoms with E-state index < -0.39 is 23.5 Å². The smallest absolute Gasteiger partial charge is 0.198 e. The first kappa shape index (κ1) is 16.9. The van der Waals surface area contributed by atoms with E-state index in [2.05, 4.69) is 0 Å². The number of benzene rings is 2. The van der Waals surface area contributed by atoms with Crippen molar-refractivity contribution in [3.8, 4) is 17.2 Å². The van der Waals surface area contributed by atoms with Crippen LogP contribution in [0.4, 0.5) is 26.3 Å². The van der Waals surface area contributed by atoms with E-state index in [1.54, 1.807) is 6.07 Å². The Bertz CT molecular complexity index is 752. The van der Waals surface area contributed by atoms with Crippen molar-refractivity contribution < 1.29 is 26.3 Å². The van der Waals surface area contributed by atoms with Crippen LogP contribution < -0.4 is 0 Å². The normalized spacial score (nSPS) is 12.0. The van der Waals surface area contributed by atoms with Gasteiger partial charge in [0.15, 0.2) is 0 Å². The predicted molar refractivity (Wildman–Crippen MR) is 71.2 cm³/mol. The summed E-state index contributed by atoms with van der Waals surface area (Å²) in [4.78, 5) is 0. The molecule has 0 spiro atoms. The van der Waals surface area contributed by atoms with E-state index in [1.165, 1.54) is 6.07 Å². The second-order valence-corrected chi connectivity index (χ2v) is 4.75. The summed E-state index contributed by atoms with van der Waals surface area (Å²) in [6, 6.07) is 8.55.